The molecule has 7 heteroatoms. The summed E-state index contributed by atoms with van der Waals surface area (Å²) >= 11 is 0. The zero-order chi connectivity index (χ0) is 13.8. The van der Waals surface area contributed by atoms with E-state index in [1.54, 1.807) is 12.1 Å². The van der Waals surface area contributed by atoms with E-state index in [-0.39, 0.29) is 28.6 Å². The van der Waals surface area contributed by atoms with Gasteiger partial charge in [-0.3, -0.25) is 0 Å². The zero-order valence-electron chi connectivity index (χ0n) is 10.0. The Morgan fingerprint density at radius 3 is 2.89 bits per heavy atom. The number of nitrogens with two attached hydrogens (primary N) is 1. The molecule has 96 valence electrons. The predicted octanol–water partition coefficient (Wildman–Crippen LogP) is 1.82. The average molecular weight is 259 g/mol. The summed E-state index contributed by atoms with van der Waals surface area (Å²) < 4.78 is 18.4. The molecule has 6 nitrogen and oxygen atoms in total. The van der Waals surface area contributed by atoms with Gasteiger partial charge < -0.3 is 15.8 Å². The quantitative estimate of drug-likeness (QED) is 0.872. The second-order valence-corrected chi connectivity index (χ2v) is 3.54. The van der Waals surface area contributed by atoms with Crippen LogP contribution in [0.1, 0.15) is 5.56 Å². The van der Waals surface area contributed by atoms with Crippen molar-refractivity contribution in [2.24, 2.45) is 0 Å². The number of aromatic nitrogens is 2. The molecular weight excluding hydrogens is 249 g/mol. The molecule has 0 aliphatic heterocycles. The minimum atomic E-state index is -0.618. The summed E-state index contributed by atoms with van der Waals surface area (Å²) in [6.45, 7) is 0. The standard InChI is InChI=1S/C12H10FN5O/c1-19-12-10(15)11(16-6-17-12)18-9-4-2-3-8(13)7(9)5-14/h2-4,6H,15H2,1H3,(H,16,17,18). The van der Waals surface area contributed by atoms with E-state index in [2.05, 4.69) is 15.3 Å². The zero-order valence-corrected chi connectivity index (χ0v) is 10.0. The molecule has 0 spiro atoms. The van der Waals surface area contributed by atoms with E-state index >= 15 is 0 Å². The number of anilines is 3. The highest BCUT2D eigenvalue weighted by Crippen LogP contribution is 2.28. The molecule has 0 unspecified atom stereocenters. The molecule has 0 atom stereocenters. The lowest BCUT2D eigenvalue weighted by atomic mass is 10.2. The molecule has 0 radical (unpaired) electrons. The molecule has 3 N–H and O–H groups in total. The van der Waals surface area contributed by atoms with E-state index in [9.17, 15) is 4.39 Å². The lowest BCUT2D eigenvalue weighted by Gasteiger charge is -2.11. The van der Waals surface area contributed by atoms with E-state index < -0.39 is 5.82 Å². The van der Waals surface area contributed by atoms with Crippen molar-refractivity contribution in [3.8, 4) is 11.9 Å². The maximum absolute atomic E-state index is 13.4. The van der Waals surface area contributed by atoms with E-state index in [1.807, 2.05) is 0 Å². The summed E-state index contributed by atoms with van der Waals surface area (Å²) in [5, 5.41) is 11.7. The fourth-order valence-electron chi connectivity index (χ4n) is 1.51. The highest BCUT2D eigenvalue weighted by Gasteiger charge is 2.12. The first-order chi connectivity index (χ1) is 9.17. The topological polar surface area (TPSA) is 96.9 Å². The second kappa shape index (κ2) is 5.18. The lowest BCUT2D eigenvalue weighted by Crippen LogP contribution is -2.04. The number of nitrogen functional groups attached to an aromatic ring is 1. The highest BCUT2D eigenvalue weighted by atomic mass is 19.1. The van der Waals surface area contributed by atoms with Crippen LogP contribution in [0.4, 0.5) is 21.6 Å². The Labute approximate surface area is 108 Å². The van der Waals surface area contributed by atoms with Gasteiger partial charge in [0.2, 0.25) is 5.88 Å². The Bertz CT molecular complexity index is 653. The normalized spacial score (nSPS) is 9.74. The van der Waals surface area contributed by atoms with Gasteiger partial charge in [0.25, 0.3) is 0 Å². The number of nitrogens with one attached hydrogen (secondary N) is 1. The van der Waals surface area contributed by atoms with Crippen LogP contribution in [0.2, 0.25) is 0 Å². The van der Waals surface area contributed by atoms with E-state index in [1.165, 1.54) is 25.6 Å². The number of rotatable bonds is 3. The van der Waals surface area contributed by atoms with Crippen molar-refractivity contribution in [1.82, 2.24) is 9.97 Å². The van der Waals surface area contributed by atoms with Crippen molar-refractivity contribution in [3.05, 3.63) is 35.9 Å². The number of nitriles is 1. The number of ether oxygens (including phenoxy) is 1. The Morgan fingerprint density at radius 1 is 1.42 bits per heavy atom. The monoisotopic (exact) mass is 259 g/mol. The van der Waals surface area contributed by atoms with Gasteiger partial charge in [0.15, 0.2) is 5.82 Å². The molecule has 2 aromatic rings. The van der Waals surface area contributed by atoms with Crippen molar-refractivity contribution in [1.29, 1.82) is 5.26 Å². The molecule has 2 rings (SSSR count). The average Bonchev–Trinajstić information content (AvgIpc) is 2.41. The van der Waals surface area contributed by atoms with Gasteiger partial charge in [-0.2, -0.15) is 10.2 Å². The van der Waals surface area contributed by atoms with Crippen molar-refractivity contribution in [2.75, 3.05) is 18.2 Å². The van der Waals surface area contributed by atoms with E-state index in [4.69, 9.17) is 15.7 Å². The molecule has 0 amide bonds. The Balaban J connectivity index is 2.43. The van der Waals surface area contributed by atoms with Gasteiger partial charge in [-0.25, -0.2) is 9.37 Å². The second-order valence-electron chi connectivity index (χ2n) is 3.54. The summed E-state index contributed by atoms with van der Waals surface area (Å²) in [7, 11) is 1.42. The number of nitrogens with zero attached hydrogens (tertiary/aromatic N) is 3. The molecule has 1 aromatic heterocycles. The van der Waals surface area contributed by atoms with Crippen LogP contribution in [0, 0.1) is 17.1 Å². The van der Waals surface area contributed by atoms with Crippen LogP contribution in [0.15, 0.2) is 24.5 Å². The van der Waals surface area contributed by atoms with Crippen LogP contribution < -0.4 is 15.8 Å². The van der Waals surface area contributed by atoms with Crippen LogP contribution in [-0.4, -0.2) is 17.1 Å². The van der Waals surface area contributed by atoms with Crippen molar-refractivity contribution in [2.45, 2.75) is 0 Å². The largest absolute Gasteiger partial charge is 0.479 e. The van der Waals surface area contributed by atoms with Crippen LogP contribution >= 0.6 is 0 Å². The molecular formula is C12H10FN5O. The SMILES string of the molecule is COc1ncnc(Nc2cccc(F)c2C#N)c1N. The summed E-state index contributed by atoms with van der Waals surface area (Å²) in [5.41, 5.74) is 6.12. The number of hydrogen-bond donors (Lipinski definition) is 2. The summed E-state index contributed by atoms with van der Waals surface area (Å²) in [6, 6.07) is 6.01. The third kappa shape index (κ3) is 2.37. The fraction of sp³-hybridized carbons (Fsp3) is 0.0833. The van der Waals surface area contributed by atoms with Gasteiger partial charge in [-0.1, -0.05) is 6.07 Å². The van der Waals surface area contributed by atoms with E-state index in [0.29, 0.717) is 0 Å². The molecule has 19 heavy (non-hydrogen) atoms. The Kier molecular flexibility index (Phi) is 3.43. The van der Waals surface area contributed by atoms with Gasteiger partial charge in [0, 0.05) is 0 Å². The first-order valence-corrected chi connectivity index (χ1v) is 5.27. The summed E-state index contributed by atoms with van der Waals surface area (Å²) in [5.74, 6) is -0.173. The summed E-state index contributed by atoms with van der Waals surface area (Å²) in [4.78, 5) is 7.75. The van der Waals surface area contributed by atoms with Gasteiger partial charge in [0.05, 0.1) is 12.8 Å². The molecule has 0 aliphatic rings. The first-order valence-electron chi connectivity index (χ1n) is 5.27. The molecule has 0 saturated heterocycles. The van der Waals surface area contributed by atoms with E-state index in [0.717, 1.165) is 0 Å². The van der Waals surface area contributed by atoms with Crippen molar-refractivity contribution in [3.63, 3.8) is 0 Å². The molecule has 0 bridgehead atoms. The minimum absolute atomic E-state index is 0.112. The van der Waals surface area contributed by atoms with Crippen LogP contribution in [0.5, 0.6) is 5.88 Å². The first kappa shape index (κ1) is 12.6. The summed E-state index contributed by atoms with van der Waals surface area (Å²) in [6.07, 6.45) is 1.25. The molecule has 1 heterocycles. The number of halogens is 1. The number of benzene rings is 1. The van der Waals surface area contributed by atoms with Crippen LogP contribution in [0.3, 0.4) is 0 Å². The Morgan fingerprint density at radius 2 is 2.21 bits per heavy atom. The fourth-order valence-corrected chi connectivity index (χ4v) is 1.51. The maximum atomic E-state index is 13.4. The maximum Gasteiger partial charge on any atom is 0.242 e. The molecule has 0 aliphatic carbocycles. The smallest absolute Gasteiger partial charge is 0.242 e. The molecule has 0 saturated carbocycles. The third-order valence-corrected chi connectivity index (χ3v) is 2.42. The minimum Gasteiger partial charge on any atom is -0.479 e. The number of methoxy groups -OCH3 is 1. The lowest BCUT2D eigenvalue weighted by molar-refractivity contribution is 0.399. The van der Waals surface area contributed by atoms with Crippen LogP contribution in [-0.2, 0) is 0 Å². The third-order valence-electron chi connectivity index (χ3n) is 2.42. The van der Waals surface area contributed by atoms with Crippen LogP contribution in [0.25, 0.3) is 0 Å². The predicted molar refractivity (Wildman–Crippen MR) is 67.4 cm³/mol. The number of hydrogen-bond acceptors (Lipinski definition) is 6. The molecule has 1 aromatic carbocycles. The Hall–Kier alpha value is -2.88. The van der Waals surface area contributed by atoms with Gasteiger partial charge in [-0.15, -0.1) is 0 Å². The highest BCUT2D eigenvalue weighted by molar-refractivity contribution is 5.74. The van der Waals surface area contributed by atoms with Gasteiger partial charge in [-0.05, 0) is 12.1 Å². The van der Waals surface area contributed by atoms with Crippen molar-refractivity contribution < 1.29 is 9.13 Å². The molecule has 0 fully saturated rings. The van der Waals surface area contributed by atoms with Crippen molar-refractivity contribution >= 4 is 17.2 Å². The van der Waals surface area contributed by atoms with Gasteiger partial charge >= 0.3 is 0 Å². The van der Waals surface area contributed by atoms with Gasteiger partial charge in [0.1, 0.15) is 29.5 Å².